The molecule has 1 aromatic heterocycles. The van der Waals surface area contributed by atoms with Crippen LogP contribution in [0.2, 0.25) is 0 Å². The van der Waals surface area contributed by atoms with Crippen molar-refractivity contribution in [2.24, 2.45) is 16.6 Å². The summed E-state index contributed by atoms with van der Waals surface area (Å²) in [5, 5.41) is 0.337. The summed E-state index contributed by atoms with van der Waals surface area (Å²) >= 11 is 1.34. The molecule has 10 heteroatoms. The number of alkyl halides is 3. The molecule has 0 bridgehead atoms. The minimum absolute atomic E-state index is 0.0550. The van der Waals surface area contributed by atoms with Crippen LogP contribution in [0.25, 0.3) is 0 Å². The number of carbonyl (C=O) groups excluding carboxylic acids is 1. The van der Waals surface area contributed by atoms with E-state index >= 15 is 0 Å². The van der Waals surface area contributed by atoms with Crippen molar-refractivity contribution < 1.29 is 22.4 Å². The van der Waals surface area contributed by atoms with Crippen LogP contribution < -0.4 is 5.73 Å². The van der Waals surface area contributed by atoms with Crippen molar-refractivity contribution in [2.75, 3.05) is 5.75 Å². The number of aromatic nitrogens is 2. The number of aliphatic imine (C=N–C) groups is 1. The highest BCUT2D eigenvalue weighted by Crippen LogP contribution is 2.50. The number of halogens is 4. The van der Waals surface area contributed by atoms with Gasteiger partial charge in [0.2, 0.25) is 0 Å². The quantitative estimate of drug-likeness (QED) is 0.538. The summed E-state index contributed by atoms with van der Waals surface area (Å²) in [6, 6.07) is 4.33. The zero-order chi connectivity index (χ0) is 22.2. The molecule has 2 N–H and O–H groups in total. The number of benzene rings is 1. The van der Waals surface area contributed by atoms with Crippen LogP contribution in [0.3, 0.4) is 0 Å². The van der Waals surface area contributed by atoms with E-state index in [0.29, 0.717) is 28.5 Å². The van der Waals surface area contributed by atoms with E-state index < -0.39 is 35.4 Å². The molecule has 2 heterocycles. The van der Waals surface area contributed by atoms with Gasteiger partial charge in [-0.3, -0.25) is 14.8 Å². The highest BCUT2D eigenvalue weighted by Gasteiger charge is 2.48. The van der Waals surface area contributed by atoms with E-state index in [1.54, 1.807) is 6.07 Å². The Morgan fingerprint density at radius 3 is 2.81 bits per heavy atom. The standard InChI is InChI=1S/C21H20F4N4OS/c22-13-3-4-21(12(7-13)10-31-20(26)29-21)14-5-11(1-2-15(14)23)6-18(30)16-8-28-17(9-27-16)19(24)25/h1-2,5,8-9,12-13,19H,3-4,6-7,10H2,(H2,26,29)/t12-,13-,21-/m0/s1. The van der Waals surface area contributed by atoms with Gasteiger partial charge in [0.25, 0.3) is 6.43 Å². The molecule has 1 saturated carbocycles. The zero-order valence-electron chi connectivity index (χ0n) is 16.4. The lowest BCUT2D eigenvalue weighted by atomic mass is 9.68. The van der Waals surface area contributed by atoms with Gasteiger partial charge in [0, 0.05) is 23.7 Å². The molecule has 2 aliphatic rings. The predicted molar refractivity (Wildman–Crippen MR) is 109 cm³/mol. The molecule has 5 nitrogen and oxygen atoms in total. The molecule has 1 aliphatic heterocycles. The molecule has 0 unspecified atom stereocenters. The fourth-order valence-electron chi connectivity index (χ4n) is 4.27. The first-order chi connectivity index (χ1) is 14.8. The lowest BCUT2D eigenvalue weighted by molar-refractivity contribution is 0.0986. The summed E-state index contributed by atoms with van der Waals surface area (Å²) in [5.74, 6) is -0.579. The molecule has 1 aliphatic carbocycles. The number of thioether (sulfide) groups is 1. The number of hydrogen-bond acceptors (Lipinski definition) is 6. The molecule has 2 aromatic rings. The average molecular weight is 452 g/mol. The average Bonchev–Trinajstić information content (AvgIpc) is 2.75. The Bertz CT molecular complexity index is 1020. The van der Waals surface area contributed by atoms with Crippen molar-refractivity contribution in [1.82, 2.24) is 9.97 Å². The SMILES string of the molecule is NC1=N[C@@]2(c3cc(CC(=O)c4cnc(C(F)F)cn4)ccc3F)CC[C@H](F)C[C@H]2CS1. The Morgan fingerprint density at radius 1 is 1.29 bits per heavy atom. The van der Waals surface area contributed by atoms with Crippen molar-refractivity contribution in [2.45, 2.75) is 43.8 Å². The fourth-order valence-corrected chi connectivity index (χ4v) is 5.28. The Hall–Kier alpha value is -2.49. The van der Waals surface area contributed by atoms with Gasteiger partial charge in [-0.25, -0.2) is 22.5 Å². The third-order valence-electron chi connectivity index (χ3n) is 5.84. The summed E-state index contributed by atoms with van der Waals surface area (Å²) in [7, 11) is 0. The predicted octanol–water partition coefficient (Wildman–Crippen LogP) is 4.37. The van der Waals surface area contributed by atoms with Crippen LogP contribution in [-0.4, -0.2) is 32.8 Å². The van der Waals surface area contributed by atoms with Gasteiger partial charge in [0.05, 0.1) is 17.9 Å². The number of Topliss-reactive ketones (excluding diaryl/α,β-unsaturated/α-hetero) is 1. The van der Waals surface area contributed by atoms with E-state index in [-0.39, 0.29) is 30.9 Å². The van der Waals surface area contributed by atoms with Crippen molar-refractivity contribution in [3.05, 3.63) is 58.9 Å². The normalized spacial score (nSPS) is 25.8. The highest BCUT2D eigenvalue weighted by molar-refractivity contribution is 8.13. The second kappa shape index (κ2) is 8.57. The minimum atomic E-state index is -2.77. The molecular formula is C21H20F4N4OS. The number of rotatable bonds is 5. The number of ketones is 1. The first-order valence-corrected chi connectivity index (χ1v) is 10.8. The van der Waals surface area contributed by atoms with E-state index in [2.05, 4.69) is 15.0 Å². The van der Waals surface area contributed by atoms with Gasteiger partial charge < -0.3 is 5.73 Å². The molecule has 164 valence electrons. The van der Waals surface area contributed by atoms with Gasteiger partial charge in [0.1, 0.15) is 23.4 Å². The van der Waals surface area contributed by atoms with Crippen LogP contribution in [0.1, 0.15) is 53.0 Å². The number of amidine groups is 1. The van der Waals surface area contributed by atoms with Crippen LogP contribution in [0.5, 0.6) is 0 Å². The van der Waals surface area contributed by atoms with Gasteiger partial charge in [-0.2, -0.15) is 0 Å². The summed E-state index contributed by atoms with van der Waals surface area (Å²) in [6.45, 7) is 0. The Kier molecular flexibility index (Phi) is 6.00. The Morgan fingerprint density at radius 2 is 2.10 bits per heavy atom. The van der Waals surface area contributed by atoms with Gasteiger partial charge in [-0.1, -0.05) is 17.8 Å². The number of fused-ring (bicyclic) bond motifs is 1. The molecule has 0 amide bonds. The minimum Gasteiger partial charge on any atom is -0.379 e. The fraction of sp³-hybridized carbons (Fsp3) is 0.429. The van der Waals surface area contributed by atoms with E-state index in [9.17, 15) is 22.4 Å². The van der Waals surface area contributed by atoms with E-state index in [0.717, 1.165) is 12.4 Å². The molecule has 1 fully saturated rings. The smallest absolute Gasteiger partial charge is 0.281 e. The largest absolute Gasteiger partial charge is 0.379 e. The topological polar surface area (TPSA) is 81.2 Å². The van der Waals surface area contributed by atoms with Crippen LogP contribution in [0.4, 0.5) is 17.6 Å². The van der Waals surface area contributed by atoms with Crippen LogP contribution in [0.15, 0.2) is 35.6 Å². The van der Waals surface area contributed by atoms with Crippen molar-refractivity contribution in [3.8, 4) is 0 Å². The molecule has 1 aromatic carbocycles. The summed E-state index contributed by atoms with van der Waals surface area (Å²) in [6.07, 6.45) is -1.12. The van der Waals surface area contributed by atoms with Crippen molar-refractivity contribution >= 4 is 22.7 Å². The monoisotopic (exact) mass is 452 g/mol. The van der Waals surface area contributed by atoms with Crippen LogP contribution in [-0.2, 0) is 12.0 Å². The summed E-state index contributed by atoms with van der Waals surface area (Å²) in [5.41, 5.74) is 5.24. The van der Waals surface area contributed by atoms with Gasteiger partial charge in [-0.15, -0.1) is 0 Å². The van der Waals surface area contributed by atoms with Crippen LogP contribution >= 0.6 is 11.8 Å². The maximum atomic E-state index is 14.9. The third kappa shape index (κ3) is 4.30. The molecule has 0 spiro atoms. The van der Waals surface area contributed by atoms with E-state index in [1.165, 1.54) is 23.9 Å². The first kappa shape index (κ1) is 21.7. The maximum absolute atomic E-state index is 14.9. The first-order valence-electron chi connectivity index (χ1n) is 9.83. The number of carbonyl (C=O) groups is 1. The second-order valence-electron chi connectivity index (χ2n) is 7.80. The summed E-state index contributed by atoms with van der Waals surface area (Å²) in [4.78, 5) is 24.4. The van der Waals surface area contributed by atoms with Crippen LogP contribution in [0, 0.1) is 11.7 Å². The maximum Gasteiger partial charge on any atom is 0.281 e. The Balaban J connectivity index is 1.64. The summed E-state index contributed by atoms with van der Waals surface area (Å²) < 4.78 is 54.3. The lowest BCUT2D eigenvalue weighted by Crippen LogP contribution is -2.45. The van der Waals surface area contributed by atoms with Gasteiger partial charge >= 0.3 is 0 Å². The lowest BCUT2D eigenvalue weighted by Gasteiger charge is -2.45. The molecule has 3 atom stereocenters. The Labute approximate surface area is 180 Å². The molecule has 0 radical (unpaired) electrons. The number of nitrogens with zero attached hydrogens (tertiary/aromatic N) is 3. The van der Waals surface area contributed by atoms with Crippen molar-refractivity contribution in [1.29, 1.82) is 0 Å². The van der Waals surface area contributed by atoms with Gasteiger partial charge in [-0.05, 0) is 37.0 Å². The number of hydrogen-bond donors (Lipinski definition) is 1. The highest BCUT2D eigenvalue weighted by atomic mass is 32.2. The molecular weight excluding hydrogens is 432 g/mol. The third-order valence-corrected chi connectivity index (χ3v) is 6.80. The molecule has 0 saturated heterocycles. The zero-order valence-corrected chi connectivity index (χ0v) is 17.2. The molecule has 4 rings (SSSR count). The van der Waals surface area contributed by atoms with E-state index in [1.807, 2.05) is 0 Å². The van der Waals surface area contributed by atoms with Crippen molar-refractivity contribution in [3.63, 3.8) is 0 Å². The second-order valence-corrected chi connectivity index (χ2v) is 8.84. The number of nitrogens with two attached hydrogens (primary N) is 1. The van der Waals surface area contributed by atoms with E-state index in [4.69, 9.17) is 5.73 Å². The molecule has 31 heavy (non-hydrogen) atoms. The van der Waals surface area contributed by atoms with Gasteiger partial charge in [0.15, 0.2) is 11.0 Å².